The molecule has 0 aromatic heterocycles. The van der Waals surface area contributed by atoms with E-state index in [-0.39, 0.29) is 118 Å². The number of carboxylic acids is 3. The molecule has 4 atom stereocenters. The highest BCUT2D eigenvalue weighted by atomic mass is 16.5. The van der Waals surface area contributed by atoms with Gasteiger partial charge in [0.25, 0.3) is 0 Å². The van der Waals surface area contributed by atoms with Gasteiger partial charge < -0.3 is 76.4 Å². The number of ether oxygens (including phenoxy) is 4. The van der Waals surface area contributed by atoms with E-state index in [2.05, 4.69) is 57.5 Å². The first-order valence-electron chi connectivity index (χ1n) is 29.9. The maximum Gasteiger partial charge on any atom is 0.303 e. The molecule has 0 bridgehead atoms. The van der Waals surface area contributed by atoms with Crippen LogP contribution in [0.3, 0.4) is 0 Å². The molecule has 79 heavy (non-hydrogen) atoms. The largest absolute Gasteiger partial charge is 0.481 e. The lowest BCUT2D eigenvalue weighted by molar-refractivity contribution is -0.141. The first-order chi connectivity index (χ1) is 38.0. The van der Waals surface area contributed by atoms with Gasteiger partial charge >= 0.3 is 17.9 Å². The van der Waals surface area contributed by atoms with Crippen molar-refractivity contribution in [3.05, 3.63) is 0 Å². The topological polar surface area (TPSA) is 343 Å². The van der Waals surface area contributed by atoms with Crippen LogP contribution in [0.15, 0.2) is 0 Å². The highest BCUT2D eigenvalue weighted by molar-refractivity contribution is 5.77. The molecule has 0 radical (unpaired) electrons. The van der Waals surface area contributed by atoms with Crippen molar-refractivity contribution in [1.82, 2.24) is 16.0 Å². The fourth-order valence-corrected chi connectivity index (χ4v) is 11.4. The van der Waals surface area contributed by atoms with E-state index >= 15 is 0 Å². The third-order valence-corrected chi connectivity index (χ3v) is 14.6. The lowest BCUT2D eigenvalue weighted by Gasteiger charge is -2.48. The van der Waals surface area contributed by atoms with Crippen molar-refractivity contribution < 1.29 is 83.5 Å². The summed E-state index contributed by atoms with van der Waals surface area (Å²) >= 11 is 0. The van der Waals surface area contributed by atoms with E-state index in [4.69, 9.17) is 45.1 Å². The SMILES string of the molecule is CCCC(CCC(=O)NCCOCCO)C(CCC)(CCC(=O)NCCOCCO)C(CCC)CCC(=O)NCCOCCO.CCCC(CCC(=O)O)C(CCC)(CCC(=O)O)C(CCC)CCC(=O)O.NCCOCCO. The van der Waals surface area contributed by atoms with Gasteiger partial charge in [0, 0.05) is 64.7 Å². The van der Waals surface area contributed by atoms with Crippen LogP contribution in [0, 0.1) is 34.5 Å². The Kier molecular flexibility index (Phi) is 55.5. The summed E-state index contributed by atoms with van der Waals surface area (Å²) < 4.78 is 20.6. The second kappa shape index (κ2) is 55.0. The minimum absolute atomic E-state index is 0.0374. The molecule has 0 heterocycles. The Balaban J connectivity index is -0.00000143. The summed E-state index contributed by atoms with van der Waals surface area (Å²) in [6.07, 6.45) is 15.7. The highest BCUT2D eigenvalue weighted by Gasteiger charge is 2.45. The predicted octanol–water partition coefficient (Wildman–Crippen LogP) is 6.48. The molecule has 0 aromatic carbocycles. The van der Waals surface area contributed by atoms with E-state index in [9.17, 15) is 44.1 Å². The third kappa shape index (κ3) is 41.2. The van der Waals surface area contributed by atoms with Crippen LogP contribution in [-0.2, 0) is 47.7 Å². The van der Waals surface area contributed by atoms with Crippen molar-refractivity contribution >= 4 is 35.6 Å². The second-order valence-electron chi connectivity index (χ2n) is 20.4. The zero-order valence-corrected chi connectivity index (χ0v) is 49.9. The number of aliphatic carboxylic acids is 3. The minimum atomic E-state index is -0.850. The van der Waals surface area contributed by atoms with E-state index in [0.717, 1.165) is 77.0 Å². The van der Waals surface area contributed by atoms with E-state index in [0.29, 0.717) is 117 Å². The van der Waals surface area contributed by atoms with Gasteiger partial charge in [-0.05, 0) is 85.9 Å². The van der Waals surface area contributed by atoms with Crippen LogP contribution in [0.1, 0.15) is 196 Å². The Morgan fingerprint density at radius 2 is 0.646 bits per heavy atom. The Bertz CT molecular complexity index is 1420. The fraction of sp³-hybridized carbons (Fsp3) is 0.897. The molecule has 0 spiro atoms. The number of aliphatic hydroxyl groups excluding tert-OH is 4. The maximum absolute atomic E-state index is 13.0. The number of hydrogen-bond donors (Lipinski definition) is 11. The quantitative estimate of drug-likeness (QED) is 0.0290. The lowest BCUT2D eigenvalue weighted by Crippen LogP contribution is -2.41. The monoisotopic (exact) mass is 1140 g/mol. The van der Waals surface area contributed by atoms with Crippen LogP contribution < -0.4 is 21.7 Å². The summed E-state index contributed by atoms with van der Waals surface area (Å²) in [6.45, 7) is 16.9. The summed E-state index contributed by atoms with van der Waals surface area (Å²) in [5.74, 6) is -2.04. The minimum Gasteiger partial charge on any atom is -0.481 e. The normalized spacial score (nSPS) is 14.2. The molecule has 12 N–H and O–H groups in total. The maximum atomic E-state index is 13.0. The molecule has 4 unspecified atom stereocenters. The molecule has 0 fully saturated rings. The number of carboxylic acid groups (broad SMARTS) is 3. The van der Waals surface area contributed by atoms with Crippen LogP contribution in [0.4, 0.5) is 0 Å². The van der Waals surface area contributed by atoms with E-state index in [1.807, 2.05) is 0 Å². The summed E-state index contributed by atoms with van der Waals surface area (Å²) in [7, 11) is 0. The average Bonchev–Trinajstić information content (AvgIpc) is 3.42. The van der Waals surface area contributed by atoms with Gasteiger partial charge in [-0.2, -0.15) is 0 Å². The fourth-order valence-electron chi connectivity index (χ4n) is 11.4. The summed E-state index contributed by atoms with van der Waals surface area (Å²) in [5, 5.41) is 71.3. The van der Waals surface area contributed by atoms with E-state index in [1.165, 1.54) is 0 Å². The van der Waals surface area contributed by atoms with Crippen molar-refractivity contribution in [2.75, 3.05) is 105 Å². The van der Waals surface area contributed by atoms with Crippen LogP contribution in [0.25, 0.3) is 0 Å². The van der Waals surface area contributed by atoms with Gasteiger partial charge in [0.15, 0.2) is 0 Å². The lowest BCUT2D eigenvalue weighted by atomic mass is 9.57. The molecule has 0 aliphatic heterocycles. The number of amides is 3. The van der Waals surface area contributed by atoms with E-state index in [1.54, 1.807) is 0 Å². The zero-order valence-electron chi connectivity index (χ0n) is 49.9. The van der Waals surface area contributed by atoms with Gasteiger partial charge in [0.05, 0.1) is 79.3 Å². The Labute approximate surface area is 475 Å². The molecular weight excluding hydrogens is 1020 g/mol. The Morgan fingerprint density at radius 1 is 0.367 bits per heavy atom. The van der Waals surface area contributed by atoms with Crippen molar-refractivity contribution in [1.29, 1.82) is 0 Å². The number of hydrogen-bond acceptors (Lipinski definition) is 15. The zero-order chi connectivity index (χ0) is 60.0. The molecule has 3 amide bonds. The molecule has 0 saturated heterocycles. The number of aliphatic hydroxyl groups is 4. The van der Waals surface area contributed by atoms with Crippen molar-refractivity contribution in [3.8, 4) is 0 Å². The first kappa shape index (κ1) is 79.7. The predicted molar refractivity (Wildman–Crippen MR) is 306 cm³/mol. The van der Waals surface area contributed by atoms with Crippen LogP contribution >= 0.6 is 0 Å². The molecule has 0 aliphatic rings. The average molecular weight is 1140 g/mol. The van der Waals surface area contributed by atoms with Crippen molar-refractivity contribution in [3.63, 3.8) is 0 Å². The van der Waals surface area contributed by atoms with Gasteiger partial charge in [0.2, 0.25) is 17.7 Å². The summed E-state index contributed by atoms with van der Waals surface area (Å²) in [4.78, 5) is 72.4. The van der Waals surface area contributed by atoms with Gasteiger partial charge in [-0.3, -0.25) is 28.8 Å². The molecule has 21 nitrogen and oxygen atoms in total. The Hall–Kier alpha value is -3.54. The molecular formula is C58H114N4O17. The van der Waals surface area contributed by atoms with Gasteiger partial charge in [-0.25, -0.2) is 0 Å². The standard InChI is InChI=1S/C33H65N3O9.C21H38O6.C4H11NO2/c1-4-7-28(9-11-30(40)34-16-22-43-25-19-37)33(14-6-3,15-13-32(42)36-18-24-45-27-21-39)29(8-5-2)10-12-31(41)35-17-23-44-26-20-38;1-4-7-16(9-11-18(22)23)21(14-6-3,15-13-20(26)27)17(8-5-2)10-12-19(24)25;5-1-3-7-4-2-6/h28-29,37-39H,4-27H2,1-3H3,(H,34,40)(H,35,41)(H,36,42);16-17H,4-15H2,1-3H3,(H,22,23)(H,24,25)(H,26,27);6H,1-5H2. The molecule has 0 saturated carbocycles. The number of nitrogens with one attached hydrogen (secondary N) is 3. The number of nitrogens with two attached hydrogens (primary N) is 1. The van der Waals surface area contributed by atoms with Crippen molar-refractivity contribution in [2.45, 2.75) is 196 Å². The van der Waals surface area contributed by atoms with Gasteiger partial charge in [0.1, 0.15) is 0 Å². The molecule has 21 heteroatoms. The van der Waals surface area contributed by atoms with Gasteiger partial charge in [-0.15, -0.1) is 0 Å². The van der Waals surface area contributed by atoms with Crippen molar-refractivity contribution in [2.24, 2.45) is 40.2 Å². The first-order valence-corrected chi connectivity index (χ1v) is 29.9. The smallest absolute Gasteiger partial charge is 0.303 e. The summed E-state index contributed by atoms with van der Waals surface area (Å²) in [5.41, 5.74) is 4.53. The molecule has 0 aromatic rings. The third-order valence-electron chi connectivity index (χ3n) is 14.6. The van der Waals surface area contributed by atoms with E-state index < -0.39 is 17.9 Å². The number of carbonyl (C=O) groups is 6. The van der Waals surface area contributed by atoms with Crippen LogP contribution in [0.2, 0.25) is 0 Å². The number of rotatable bonds is 53. The number of carbonyl (C=O) groups excluding carboxylic acids is 3. The molecule has 0 aliphatic carbocycles. The molecule has 0 rings (SSSR count). The van der Waals surface area contributed by atoms with Gasteiger partial charge in [-0.1, -0.05) is 106 Å². The molecule has 468 valence electrons. The van der Waals surface area contributed by atoms with Crippen LogP contribution in [-0.4, -0.2) is 177 Å². The Morgan fingerprint density at radius 3 is 0.911 bits per heavy atom. The van der Waals surface area contributed by atoms with Crippen LogP contribution in [0.5, 0.6) is 0 Å². The second-order valence-corrected chi connectivity index (χ2v) is 20.4. The highest BCUT2D eigenvalue weighted by Crippen LogP contribution is 2.53. The summed E-state index contributed by atoms with van der Waals surface area (Å²) in [6, 6.07) is 0.